The molecule has 0 amide bonds. The summed E-state index contributed by atoms with van der Waals surface area (Å²) in [4.78, 5) is 8.95. The minimum atomic E-state index is 0.647. The molecule has 0 atom stereocenters. The Kier molecular flexibility index (Phi) is 2.81. The van der Waals surface area contributed by atoms with E-state index in [-0.39, 0.29) is 0 Å². The van der Waals surface area contributed by atoms with Gasteiger partial charge in [-0.15, -0.1) is 0 Å². The normalized spacial score (nSPS) is 14.8. The Labute approximate surface area is 89.5 Å². The summed E-state index contributed by atoms with van der Waals surface area (Å²) in [7, 11) is 0. The van der Waals surface area contributed by atoms with Gasteiger partial charge in [-0.05, 0) is 26.0 Å². The van der Waals surface area contributed by atoms with Gasteiger partial charge >= 0.3 is 0 Å². The van der Waals surface area contributed by atoms with E-state index < -0.39 is 0 Å². The van der Waals surface area contributed by atoms with Crippen molar-refractivity contribution in [1.29, 1.82) is 0 Å². The molecule has 0 unspecified atom stereocenters. The minimum Gasteiger partial charge on any atom is -0.481 e. The van der Waals surface area contributed by atoms with Crippen molar-refractivity contribution in [2.75, 3.05) is 6.61 Å². The van der Waals surface area contributed by atoms with Crippen molar-refractivity contribution in [3.63, 3.8) is 0 Å². The summed E-state index contributed by atoms with van der Waals surface area (Å²) in [5, 5.41) is 0. The Morgan fingerprint density at radius 1 is 1.20 bits per heavy atom. The highest BCUT2D eigenvalue weighted by molar-refractivity contribution is 6.04. The first-order valence-electron chi connectivity index (χ1n) is 5.13. The van der Waals surface area contributed by atoms with Crippen LogP contribution >= 0.6 is 0 Å². The summed E-state index contributed by atoms with van der Waals surface area (Å²) in [6.07, 6.45) is 0.697. The molecule has 0 aromatic heterocycles. The number of aliphatic imine (C=N–C) groups is 2. The van der Waals surface area contributed by atoms with Gasteiger partial charge in [-0.2, -0.15) is 0 Å². The first-order chi connectivity index (χ1) is 7.29. The van der Waals surface area contributed by atoms with Crippen molar-refractivity contribution in [1.82, 2.24) is 0 Å². The van der Waals surface area contributed by atoms with E-state index >= 15 is 0 Å². The molecule has 0 spiro atoms. The highest BCUT2D eigenvalue weighted by Gasteiger charge is 2.10. The Morgan fingerprint density at radius 3 is 2.53 bits per heavy atom. The van der Waals surface area contributed by atoms with Gasteiger partial charge in [0.1, 0.15) is 0 Å². The topological polar surface area (TPSA) is 34.0 Å². The summed E-state index contributed by atoms with van der Waals surface area (Å²) in [5.74, 6) is 0.753. The number of ether oxygens (including phenoxy) is 1. The molecule has 0 radical (unpaired) electrons. The molecule has 0 saturated carbocycles. The molecule has 3 nitrogen and oxygen atoms in total. The maximum atomic E-state index is 5.46. The van der Waals surface area contributed by atoms with E-state index in [1.54, 1.807) is 0 Å². The van der Waals surface area contributed by atoms with E-state index in [0.29, 0.717) is 13.0 Å². The van der Waals surface area contributed by atoms with Crippen LogP contribution in [0.5, 0.6) is 0 Å². The molecule has 1 aliphatic rings. The van der Waals surface area contributed by atoms with Crippen molar-refractivity contribution in [2.24, 2.45) is 9.98 Å². The zero-order valence-electron chi connectivity index (χ0n) is 9.03. The van der Waals surface area contributed by atoms with Crippen LogP contribution in [0.2, 0.25) is 0 Å². The first kappa shape index (κ1) is 9.90. The van der Waals surface area contributed by atoms with Crippen LogP contribution in [0.15, 0.2) is 34.3 Å². The maximum Gasteiger partial charge on any atom is 0.194 e. The lowest BCUT2D eigenvalue weighted by Gasteiger charge is -2.04. The molecule has 1 aromatic carbocycles. The van der Waals surface area contributed by atoms with Gasteiger partial charge in [0.15, 0.2) is 5.90 Å². The third kappa shape index (κ3) is 2.24. The summed E-state index contributed by atoms with van der Waals surface area (Å²) >= 11 is 0. The standard InChI is InChI=1S/C12H14N2O/c1-3-15-12-8-9(2)13-10-6-4-5-7-11(10)14-12/h4-7H,3,8H2,1-2H3. The molecule has 0 saturated heterocycles. The molecule has 0 aliphatic carbocycles. The van der Waals surface area contributed by atoms with Gasteiger partial charge in [0.2, 0.25) is 0 Å². The smallest absolute Gasteiger partial charge is 0.194 e. The number of fused-ring (bicyclic) bond motifs is 1. The highest BCUT2D eigenvalue weighted by Crippen LogP contribution is 2.30. The Morgan fingerprint density at radius 2 is 1.87 bits per heavy atom. The fourth-order valence-corrected chi connectivity index (χ4v) is 1.54. The van der Waals surface area contributed by atoms with Gasteiger partial charge in [-0.1, -0.05) is 12.1 Å². The van der Waals surface area contributed by atoms with Gasteiger partial charge in [-0.3, -0.25) is 4.99 Å². The molecule has 1 aromatic rings. The molecule has 3 heteroatoms. The van der Waals surface area contributed by atoms with Crippen molar-refractivity contribution < 1.29 is 4.74 Å². The average molecular weight is 202 g/mol. The summed E-state index contributed by atoms with van der Waals surface area (Å²) in [5.41, 5.74) is 2.84. The van der Waals surface area contributed by atoms with Gasteiger partial charge in [0.05, 0.1) is 24.4 Å². The van der Waals surface area contributed by atoms with Crippen LogP contribution in [0.25, 0.3) is 0 Å². The number of nitrogens with zero attached hydrogens (tertiary/aromatic N) is 2. The molecule has 1 heterocycles. The quantitative estimate of drug-likeness (QED) is 0.688. The van der Waals surface area contributed by atoms with Crippen molar-refractivity contribution >= 4 is 23.0 Å². The van der Waals surface area contributed by atoms with E-state index in [1.807, 2.05) is 38.1 Å². The van der Waals surface area contributed by atoms with E-state index in [0.717, 1.165) is 23.0 Å². The van der Waals surface area contributed by atoms with Gasteiger partial charge in [0, 0.05) is 5.71 Å². The van der Waals surface area contributed by atoms with Crippen LogP contribution in [0.4, 0.5) is 11.4 Å². The predicted molar refractivity (Wildman–Crippen MR) is 62.5 cm³/mol. The lowest BCUT2D eigenvalue weighted by Crippen LogP contribution is -2.07. The van der Waals surface area contributed by atoms with Crippen LogP contribution < -0.4 is 0 Å². The Hall–Kier alpha value is -1.64. The second kappa shape index (κ2) is 4.26. The molecule has 2 rings (SSSR count). The van der Waals surface area contributed by atoms with Gasteiger partial charge < -0.3 is 4.74 Å². The summed E-state index contributed by atoms with van der Waals surface area (Å²) in [6.45, 7) is 4.61. The molecular weight excluding hydrogens is 188 g/mol. The van der Waals surface area contributed by atoms with Crippen molar-refractivity contribution in [3.05, 3.63) is 24.3 Å². The SMILES string of the molecule is CCOC1=Nc2ccccc2N=C(C)C1. The number of rotatable bonds is 1. The van der Waals surface area contributed by atoms with E-state index in [4.69, 9.17) is 4.74 Å². The van der Waals surface area contributed by atoms with Crippen molar-refractivity contribution in [3.8, 4) is 0 Å². The molecule has 0 N–H and O–H groups in total. The second-order valence-electron chi connectivity index (χ2n) is 3.45. The number of hydrogen-bond acceptors (Lipinski definition) is 3. The lowest BCUT2D eigenvalue weighted by atomic mass is 10.3. The van der Waals surface area contributed by atoms with Crippen LogP contribution in [0, 0.1) is 0 Å². The fourth-order valence-electron chi connectivity index (χ4n) is 1.54. The molecule has 78 valence electrons. The Balaban J connectivity index is 2.43. The maximum absolute atomic E-state index is 5.46. The molecule has 1 aliphatic heterocycles. The predicted octanol–water partition coefficient (Wildman–Crippen LogP) is 3.25. The first-order valence-corrected chi connectivity index (χ1v) is 5.13. The monoisotopic (exact) mass is 202 g/mol. The van der Waals surface area contributed by atoms with Crippen LogP contribution in [-0.4, -0.2) is 18.2 Å². The summed E-state index contributed by atoms with van der Waals surface area (Å²) < 4.78 is 5.46. The number of benzene rings is 1. The molecular formula is C12H14N2O. The third-order valence-corrected chi connectivity index (χ3v) is 2.16. The van der Waals surface area contributed by atoms with Crippen LogP contribution in [0.1, 0.15) is 20.3 Å². The van der Waals surface area contributed by atoms with Crippen LogP contribution in [-0.2, 0) is 4.74 Å². The number of hydrogen-bond donors (Lipinski definition) is 0. The van der Waals surface area contributed by atoms with Crippen LogP contribution in [0.3, 0.4) is 0 Å². The largest absolute Gasteiger partial charge is 0.481 e. The van der Waals surface area contributed by atoms with Gasteiger partial charge in [0.25, 0.3) is 0 Å². The van der Waals surface area contributed by atoms with Gasteiger partial charge in [-0.25, -0.2) is 4.99 Å². The van der Waals surface area contributed by atoms with Crippen molar-refractivity contribution in [2.45, 2.75) is 20.3 Å². The van der Waals surface area contributed by atoms with E-state index in [1.165, 1.54) is 0 Å². The molecule has 0 bridgehead atoms. The van der Waals surface area contributed by atoms with E-state index in [2.05, 4.69) is 9.98 Å². The second-order valence-corrected chi connectivity index (χ2v) is 3.45. The average Bonchev–Trinajstić information content (AvgIpc) is 2.35. The fraction of sp³-hybridized carbons (Fsp3) is 0.333. The number of para-hydroxylation sites is 2. The van der Waals surface area contributed by atoms with E-state index in [9.17, 15) is 0 Å². The minimum absolute atomic E-state index is 0.647. The third-order valence-electron chi connectivity index (χ3n) is 2.16. The zero-order valence-corrected chi connectivity index (χ0v) is 9.03. The molecule has 0 fully saturated rings. The molecule has 15 heavy (non-hydrogen) atoms. The highest BCUT2D eigenvalue weighted by atomic mass is 16.5. The zero-order chi connectivity index (χ0) is 10.7. The summed E-state index contributed by atoms with van der Waals surface area (Å²) in [6, 6.07) is 7.85. The Bertz CT molecular complexity index is 421. The lowest BCUT2D eigenvalue weighted by molar-refractivity contribution is 0.322.